The van der Waals surface area contributed by atoms with E-state index in [0.717, 1.165) is 4.73 Å². The van der Waals surface area contributed by atoms with Crippen LogP contribution in [0.3, 0.4) is 0 Å². The smallest absolute Gasteiger partial charge is 0.227 e. The second-order valence-corrected chi connectivity index (χ2v) is 3.02. The van der Waals surface area contributed by atoms with E-state index in [0.29, 0.717) is 22.2 Å². The maximum absolute atomic E-state index is 11.4. The van der Waals surface area contributed by atoms with Gasteiger partial charge in [0.1, 0.15) is 6.07 Å². The zero-order valence-electron chi connectivity index (χ0n) is 8.10. The van der Waals surface area contributed by atoms with Crippen LogP contribution in [-0.4, -0.2) is 7.11 Å². The third kappa shape index (κ3) is 1.34. The van der Waals surface area contributed by atoms with E-state index < -0.39 is 0 Å². The van der Waals surface area contributed by atoms with Gasteiger partial charge in [0.2, 0.25) is 5.52 Å². The van der Waals surface area contributed by atoms with Crippen molar-refractivity contribution < 1.29 is 9.47 Å². The Kier molecular flexibility index (Phi) is 2.14. The fourth-order valence-corrected chi connectivity index (χ4v) is 1.55. The molecule has 0 aliphatic heterocycles. The molecule has 0 atom stereocenters. The van der Waals surface area contributed by atoms with Crippen molar-refractivity contribution >= 4 is 10.9 Å². The Morgan fingerprint density at radius 1 is 1.40 bits per heavy atom. The number of pyridine rings is 1. The zero-order valence-corrected chi connectivity index (χ0v) is 8.10. The lowest BCUT2D eigenvalue weighted by atomic mass is 10.1. The van der Waals surface area contributed by atoms with Crippen LogP contribution in [0.15, 0.2) is 30.5 Å². The minimum absolute atomic E-state index is 0.427. The van der Waals surface area contributed by atoms with E-state index in [2.05, 4.69) is 0 Å². The van der Waals surface area contributed by atoms with Crippen LogP contribution in [0.1, 0.15) is 5.56 Å². The number of nitriles is 1. The van der Waals surface area contributed by atoms with Crippen LogP contribution in [0.25, 0.3) is 10.9 Å². The molecule has 4 heteroatoms. The number of benzene rings is 1. The van der Waals surface area contributed by atoms with Crippen molar-refractivity contribution in [2.45, 2.75) is 0 Å². The molecule has 0 bridgehead atoms. The predicted octanol–water partition coefficient (Wildman–Crippen LogP) is 1.35. The van der Waals surface area contributed by atoms with Crippen LogP contribution in [0, 0.1) is 16.5 Å². The summed E-state index contributed by atoms with van der Waals surface area (Å²) in [6.45, 7) is 0. The van der Waals surface area contributed by atoms with Gasteiger partial charge in [0.05, 0.1) is 18.1 Å². The van der Waals surface area contributed by atoms with Crippen LogP contribution in [0.5, 0.6) is 5.75 Å². The first kappa shape index (κ1) is 9.28. The van der Waals surface area contributed by atoms with E-state index in [1.165, 1.54) is 13.3 Å². The number of nitrogens with zero attached hydrogens (tertiary/aromatic N) is 2. The van der Waals surface area contributed by atoms with Gasteiger partial charge >= 0.3 is 0 Å². The summed E-state index contributed by atoms with van der Waals surface area (Å²) >= 11 is 0. The van der Waals surface area contributed by atoms with Crippen molar-refractivity contribution in [2.75, 3.05) is 7.11 Å². The average molecular weight is 200 g/mol. The fourth-order valence-electron chi connectivity index (χ4n) is 1.55. The van der Waals surface area contributed by atoms with Crippen LogP contribution in [0.2, 0.25) is 0 Å². The van der Waals surface area contributed by atoms with Gasteiger partial charge in [-0.1, -0.05) is 0 Å². The number of fused-ring (bicyclic) bond motifs is 1. The van der Waals surface area contributed by atoms with E-state index in [4.69, 9.17) is 10.00 Å². The van der Waals surface area contributed by atoms with Crippen molar-refractivity contribution in [1.29, 1.82) is 5.26 Å². The molecule has 0 saturated carbocycles. The first-order valence-electron chi connectivity index (χ1n) is 4.37. The van der Waals surface area contributed by atoms with E-state index in [-0.39, 0.29) is 0 Å². The standard InChI is InChI=1S/C11H8N2O2/c1-15-11-8(7-12)4-5-10-9(11)3-2-6-13(10)14/h2-6H,1H3. The first-order valence-corrected chi connectivity index (χ1v) is 4.37. The molecule has 1 aromatic heterocycles. The lowest BCUT2D eigenvalue weighted by Crippen LogP contribution is -2.25. The minimum Gasteiger partial charge on any atom is -0.618 e. The Labute approximate surface area is 86.5 Å². The largest absolute Gasteiger partial charge is 0.618 e. The predicted molar refractivity (Wildman–Crippen MR) is 54.2 cm³/mol. The van der Waals surface area contributed by atoms with E-state index in [1.54, 1.807) is 24.3 Å². The first-order chi connectivity index (χ1) is 7.27. The van der Waals surface area contributed by atoms with Gasteiger partial charge in [0, 0.05) is 12.1 Å². The summed E-state index contributed by atoms with van der Waals surface area (Å²) in [7, 11) is 1.48. The molecule has 2 aromatic rings. The summed E-state index contributed by atoms with van der Waals surface area (Å²) in [6, 6.07) is 8.59. The molecule has 2 rings (SSSR count). The molecule has 0 aliphatic rings. The van der Waals surface area contributed by atoms with Crippen molar-refractivity contribution in [3.63, 3.8) is 0 Å². The molecule has 0 aliphatic carbocycles. The Morgan fingerprint density at radius 2 is 2.20 bits per heavy atom. The minimum atomic E-state index is 0.427. The zero-order chi connectivity index (χ0) is 10.8. The molecule has 1 aromatic carbocycles. The van der Waals surface area contributed by atoms with Crippen LogP contribution in [-0.2, 0) is 0 Å². The fraction of sp³-hybridized carbons (Fsp3) is 0.0909. The maximum Gasteiger partial charge on any atom is 0.227 e. The molecule has 0 saturated heterocycles. The quantitative estimate of drug-likeness (QED) is 0.515. The molecule has 0 N–H and O–H groups in total. The van der Waals surface area contributed by atoms with Gasteiger partial charge in [-0.25, -0.2) is 0 Å². The van der Waals surface area contributed by atoms with Crippen molar-refractivity contribution in [1.82, 2.24) is 0 Å². The lowest BCUT2D eigenvalue weighted by Gasteiger charge is -2.06. The molecule has 0 radical (unpaired) electrons. The Bertz CT molecular complexity index is 558. The third-order valence-electron chi connectivity index (χ3n) is 2.22. The van der Waals surface area contributed by atoms with Gasteiger partial charge in [0.15, 0.2) is 11.9 Å². The summed E-state index contributed by atoms with van der Waals surface area (Å²) in [6.07, 6.45) is 1.41. The second kappa shape index (κ2) is 3.46. The van der Waals surface area contributed by atoms with Gasteiger partial charge in [-0.15, -0.1) is 0 Å². The van der Waals surface area contributed by atoms with E-state index >= 15 is 0 Å². The number of aromatic nitrogens is 1. The van der Waals surface area contributed by atoms with Gasteiger partial charge in [-0.2, -0.15) is 9.99 Å². The number of rotatable bonds is 1. The van der Waals surface area contributed by atoms with Gasteiger partial charge in [0.25, 0.3) is 0 Å². The molecule has 74 valence electrons. The van der Waals surface area contributed by atoms with Crippen LogP contribution in [0.4, 0.5) is 0 Å². The molecular weight excluding hydrogens is 192 g/mol. The lowest BCUT2D eigenvalue weighted by molar-refractivity contribution is -0.577. The maximum atomic E-state index is 11.4. The molecular formula is C11H8N2O2. The summed E-state index contributed by atoms with van der Waals surface area (Å²) in [5, 5.41) is 20.9. The van der Waals surface area contributed by atoms with E-state index in [1.807, 2.05) is 6.07 Å². The summed E-state index contributed by atoms with van der Waals surface area (Å²) in [5.74, 6) is 0.445. The summed E-state index contributed by atoms with van der Waals surface area (Å²) < 4.78 is 5.88. The molecule has 0 amide bonds. The Hall–Kier alpha value is -2.28. The van der Waals surface area contributed by atoms with Gasteiger partial charge in [-0.3, -0.25) is 0 Å². The van der Waals surface area contributed by atoms with Crippen molar-refractivity contribution in [3.05, 3.63) is 41.2 Å². The topological polar surface area (TPSA) is 60.0 Å². The van der Waals surface area contributed by atoms with Crippen molar-refractivity contribution in [2.24, 2.45) is 0 Å². The molecule has 15 heavy (non-hydrogen) atoms. The second-order valence-electron chi connectivity index (χ2n) is 3.02. The monoisotopic (exact) mass is 200 g/mol. The van der Waals surface area contributed by atoms with E-state index in [9.17, 15) is 5.21 Å². The number of methoxy groups -OCH3 is 1. The summed E-state index contributed by atoms with van der Waals surface area (Å²) in [5.41, 5.74) is 0.921. The van der Waals surface area contributed by atoms with Crippen LogP contribution >= 0.6 is 0 Å². The normalized spacial score (nSPS) is 9.87. The SMILES string of the molecule is COc1c(C#N)ccc2c1ccc[n+]2[O-]. The molecule has 4 nitrogen and oxygen atoms in total. The van der Waals surface area contributed by atoms with Gasteiger partial charge in [-0.05, 0) is 12.1 Å². The number of hydrogen-bond donors (Lipinski definition) is 0. The highest BCUT2D eigenvalue weighted by atomic mass is 16.5. The van der Waals surface area contributed by atoms with Crippen LogP contribution < -0.4 is 9.47 Å². The number of ether oxygens (including phenoxy) is 1. The van der Waals surface area contributed by atoms with Gasteiger partial charge < -0.3 is 9.94 Å². The summed E-state index contributed by atoms with van der Waals surface area (Å²) in [4.78, 5) is 0. The number of hydrogen-bond acceptors (Lipinski definition) is 3. The average Bonchev–Trinajstić information content (AvgIpc) is 2.28. The van der Waals surface area contributed by atoms with Crippen molar-refractivity contribution in [3.8, 4) is 11.8 Å². The molecule has 0 unspecified atom stereocenters. The Balaban J connectivity index is 2.90. The highest BCUT2D eigenvalue weighted by Crippen LogP contribution is 2.26. The molecule has 1 heterocycles. The third-order valence-corrected chi connectivity index (χ3v) is 2.22. The Morgan fingerprint density at radius 3 is 2.87 bits per heavy atom. The molecule has 0 fully saturated rings. The highest BCUT2D eigenvalue weighted by molar-refractivity contribution is 5.85. The molecule has 0 spiro atoms. The highest BCUT2D eigenvalue weighted by Gasteiger charge is 2.12.